The number of benzene rings is 1. The van der Waals surface area contributed by atoms with Crippen LogP contribution in [-0.4, -0.2) is 13.6 Å². The predicted octanol–water partition coefficient (Wildman–Crippen LogP) is 2.27. The molecule has 0 saturated carbocycles. The van der Waals surface area contributed by atoms with E-state index in [-0.39, 0.29) is 22.0 Å². The lowest BCUT2D eigenvalue weighted by atomic mass is 10.1. The Morgan fingerprint density at radius 3 is 2.55 bits per heavy atom. The minimum Gasteiger partial charge on any atom is -0.360 e. The van der Waals surface area contributed by atoms with Gasteiger partial charge in [-0.25, -0.2) is 8.42 Å². The SMILES string of the molecule is Cc1cccc(NS(=O)(=O)c2c(C)noc2C)c1C#N. The average Bonchev–Trinajstić information content (AvgIpc) is 2.69. The Hall–Kier alpha value is -2.33. The third kappa shape index (κ3) is 2.38. The van der Waals surface area contributed by atoms with Gasteiger partial charge in [0.2, 0.25) is 0 Å². The van der Waals surface area contributed by atoms with Crippen LogP contribution in [0.5, 0.6) is 0 Å². The van der Waals surface area contributed by atoms with Crippen molar-refractivity contribution < 1.29 is 12.9 Å². The van der Waals surface area contributed by atoms with E-state index in [2.05, 4.69) is 9.88 Å². The molecular weight excluding hydrogens is 278 g/mol. The van der Waals surface area contributed by atoms with Gasteiger partial charge in [0.1, 0.15) is 11.8 Å². The second-order valence-corrected chi connectivity index (χ2v) is 5.99. The van der Waals surface area contributed by atoms with Gasteiger partial charge >= 0.3 is 0 Å². The fourth-order valence-electron chi connectivity index (χ4n) is 1.96. The van der Waals surface area contributed by atoms with E-state index in [1.54, 1.807) is 32.0 Å². The van der Waals surface area contributed by atoms with E-state index >= 15 is 0 Å². The van der Waals surface area contributed by atoms with Gasteiger partial charge in [0.25, 0.3) is 10.0 Å². The number of nitrogens with one attached hydrogen (secondary N) is 1. The highest BCUT2D eigenvalue weighted by Crippen LogP contribution is 2.25. The van der Waals surface area contributed by atoms with E-state index in [9.17, 15) is 8.42 Å². The molecule has 0 atom stereocenters. The van der Waals surface area contributed by atoms with Gasteiger partial charge in [0.15, 0.2) is 10.7 Å². The molecule has 0 aliphatic rings. The molecule has 0 radical (unpaired) electrons. The predicted molar refractivity (Wildman–Crippen MR) is 72.7 cm³/mol. The number of sulfonamides is 1. The number of hydrogen-bond donors (Lipinski definition) is 1. The molecule has 0 aliphatic carbocycles. The standard InChI is InChI=1S/C13H13N3O3S/c1-8-5-4-6-12(11(8)7-14)16-20(17,18)13-9(2)15-19-10(13)3/h4-6,16H,1-3H3. The molecule has 2 rings (SSSR count). The third-order valence-electron chi connectivity index (χ3n) is 2.87. The van der Waals surface area contributed by atoms with Crippen molar-refractivity contribution in [2.24, 2.45) is 0 Å². The number of nitrogens with zero attached hydrogens (tertiary/aromatic N) is 2. The van der Waals surface area contributed by atoms with E-state index in [4.69, 9.17) is 9.78 Å². The summed E-state index contributed by atoms with van der Waals surface area (Å²) in [4.78, 5) is 0.00268. The highest BCUT2D eigenvalue weighted by Gasteiger charge is 2.25. The van der Waals surface area contributed by atoms with Gasteiger partial charge in [-0.3, -0.25) is 4.72 Å². The summed E-state index contributed by atoms with van der Waals surface area (Å²) in [5.41, 5.74) is 1.52. The molecule has 20 heavy (non-hydrogen) atoms. The van der Waals surface area contributed by atoms with E-state index in [1.807, 2.05) is 6.07 Å². The van der Waals surface area contributed by atoms with Gasteiger partial charge in [-0.15, -0.1) is 0 Å². The minimum absolute atomic E-state index is 0.00268. The van der Waals surface area contributed by atoms with Crippen molar-refractivity contribution in [3.8, 4) is 6.07 Å². The van der Waals surface area contributed by atoms with Gasteiger partial charge in [-0.1, -0.05) is 17.3 Å². The van der Waals surface area contributed by atoms with Crippen molar-refractivity contribution in [1.82, 2.24) is 5.16 Å². The monoisotopic (exact) mass is 291 g/mol. The molecule has 0 bridgehead atoms. The van der Waals surface area contributed by atoms with Gasteiger partial charge in [0.05, 0.1) is 11.3 Å². The van der Waals surface area contributed by atoms with Crippen LogP contribution in [-0.2, 0) is 10.0 Å². The first kappa shape index (κ1) is 14.1. The maximum absolute atomic E-state index is 12.4. The molecule has 7 heteroatoms. The molecule has 1 heterocycles. The van der Waals surface area contributed by atoms with Crippen molar-refractivity contribution in [3.63, 3.8) is 0 Å². The molecule has 1 aromatic carbocycles. The second kappa shape index (κ2) is 4.98. The number of aryl methyl sites for hydroxylation is 3. The Kier molecular flexibility index (Phi) is 3.51. The second-order valence-electron chi connectivity index (χ2n) is 4.37. The molecule has 0 unspecified atom stereocenters. The molecule has 2 aromatic rings. The van der Waals surface area contributed by atoms with Crippen LogP contribution in [0.15, 0.2) is 27.6 Å². The molecule has 6 nitrogen and oxygen atoms in total. The number of hydrogen-bond acceptors (Lipinski definition) is 5. The lowest BCUT2D eigenvalue weighted by Crippen LogP contribution is -2.15. The first-order valence-electron chi connectivity index (χ1n) is 5.82. The first-order chi connectivity index (χ1) is 9.36. The van der Waals surface area contributed by atoms with Crippen molar-refractivity contribution in [2.75, 3.05) is 4.72 Å². The third-order valence-corrected chi connectivity index (χ3v) is 4.47. The van der Waals surface area contributed by atoms with Gasteiger partial charge < -0.3 is 4.52 Å². The van der Waals surface area contributed by atoms with Crippen LogP contribution < -0.4 is 4.72 Å². The van der Waals surface area contributed by atoms with E-state index in [1.165, 1.54) is 6.92 Å². The zero-order chi connectivity index (χ0) is 14.9. The quantitative estimate of drug-likeness (QED) is 0.935. The van der Waals surface area contributed by atoms with Crippen LogP contribution in [0.25, 0.3) is 0 Å². The Morgan fingerprint density at radius 1 is 1.30 bits per heavy atom. The van der Waals surface area contributed by atoms with Crippen LogP contribution in [0.2, 0.25) is 0 Å². The lowest BCUT2D eigenvalue weighted by molar-refractivity contribution is 0.390. The maximum Gasteiger partial charge on any atom is 0.267 e. The Balaban J connectivity index is 2.50. The molecular formula is C13H13N3O3S. The zero-order valence-electron chi connectivity index (χ0n) is 11.3. The van der Waals surface area contributed by atoms with Gasteiger partial charge in [0, 0.05) is 0 Å². The van der Waals surface area contributed by atoms with Crippen LogP contribution in [0, 0.1) is 32.1 Å². The molecule has 0 fully saturated rings. The van der Waals surface area contributed by atoms with Crippen molar-refractivity contribution >= 4 is 15.7 Å². The van der Waals surface area contributed by atoms with Crippen molar-refractivity contribution in [1.29, 1.82) is 5.26 Å². The summed E-state index contributed by atoms with van der Waals surface area (Å²) >= 11 is 0. The van der Waals surface area contributed by atoms with Gasteiger partial charge in [-0.05, 0) is 32.4 Å². The molecule has 104 valence electrons. The largest absolute Gasteiger partial charge is 0.360 e. The van der Waals surface area contributed by atoms with E-state index < -0.39 is 10.0 Å². The van der Waals surface area contributed by atoms with Gasteiger partial charge in [-0.2, -0.15) is 5.26 Å². The van der Waals surface area contributed by atoms with Crippen LogP contribution in [0.3, 0.4) is 0 Å². The molecule has 1 N–H and O–H groups in total. The summed E-state index contributed by atoms with van der Waals surface area (Å²) < 4.78 is 32.0. The fraction of sp³-hybridized carbons (Fsp3) is 0.231. The van der Waals surface area contributed by atoms with Crippen LogP contribution >= 0.6 is 0 Å². The van der Waals surface area contributed by atoms with Crippen LogP contribution in [0.4, 0.5) is 5.69 Å². The Labute approximate surface area is 117 Å². The Morgan fingerprint density at radius 2 is 2.00 bits per heavy atom. The summed E-state index contributed by atoms with van der Waals surface area (Å²) in [5, 5.41) is 12.7. The average molecular weight is 291 g/mol. The van der Waals surface area contributed by atoms with Crippen molar-refractivity contribution in [3.05, 3.63) is 40.8 Å². The highest BCUT2D eigenvalue weighted by atomic mass is 32.2. The van der Waals surface area contributed by atoms with Crippen LogP contribution in [0.1, 0.15) is 22.6 Å². The number of anilines is 1. The minimum atomic E-state index is -3.84. The summed E-state index contributed by atoms with van der Waals surface area (Å²) in [6.45, 7) is 4.81. The summed E-state index contributed by atoms with van der Waals surface area (Å²) in [5.74, 6) is 0.209. The molecule has 1 aromatic heterocycles. The zero-order valence-corrected chi connectivity index (χ0v) is 12.1. The first-order valence-corrected chi connectivity index (χ1v) is 7.30. The van der Waals surface area contributed by atoms with E-state index in [0.717, 1.165) is 0 Å². The lowest BCUT2D eigenvalue weighted by Gasteiger charge is -2.10. The normalized spacial score (nSPS) is 11.1. The Bertz CT molecular complexity index is 781. The maximum atomic E-state index is 12.4. The fourth-order valence-corrected chi connectivity index (χ4v) is 3.36. The number of nitriles is 1. The smallest absolute Gasteiger partial charge is 0.267 e. The molecule has 0 amide bonds. The molecule has 0 spiro atoms. The molecule has 0 saturated heterocycles. The summed E-state index contributed by atoms with van der Waals surface area (Å²) in [6.07, 6.45) is 0. The summed E-state index contributed by atoms with van der Waals surface area (Å²) in [6, 6.07) is 6.96. The molecule has 0 aliphatic heterocycles. The summed E-state index contributed by atoms with van der Waals surface area (Å²) in [7, 11) is -3.84. The number of rotatable bonds is 3. The topological polar surface area (TPSA) is 96.0 Å². The highest BCUT2D eigenvalue weighted by molar-refractivity contribution is 7.92. The van der Waals surface area contributed by atoms with E-state index in [0.29, 0.717) is 11.1 Å². The number of aromatic nitrogens is 1. The van der Waals surface area contributed by atoms with Crippen molar-refractivity contribution in [2.45, 2.75) is 25.7 Å².